The van der Waals surface area contributed by atoms with Crippen molar-refractivity contribution in [2.75, 3.05) is 22.2 Å². The first-order chi connectivity index (χ1) is 13.7. The van der Waals surface area contributed by atoms with Crippen molar-refractivity contribution in [2.24, 2.45) is 0 Å². The number of nitrogens with zero attached hydrogens (tertiary/aromatic N) is 2. The molecule has 2 radical (unpaired) electrons. The van der Waals surface area contributed by atoms with E-state index in [1.165, 1.54) is 33.6 Å². The van der Waals surface area contributed by atoms with E-state index in [0.717, 1.165) is 13.1 Å². The van der Waals surface area contributed by atoms with Gasteiger partial charge >= 0.3 is 9.84 Å². The van der Waals surface area contributed by atoms with Crippen molar-refractivity contribution in [1.82, 2.24) is 0 Å². The van der Waals surface area contributed by atoms with Gasteiger partial charge in [0.2, 0.25) is 0 Å². The average Bonchev–Trinajstić information content (AvgIpc) is 3.15. The molecule has 0 N–H and O–H groups in total. The van der Waals surface area contributed by atoms with Crippen molar-refractivity contribution in [3.63, 3.8) is 0 Å². The molecule has 0 bridgehead atoms. The predicted molar refractivity (Wildman–Crippen MR) is 130 cm³/mol. The van der Waals surface area contributed by atoms with Crippen LogP contribution in [0, 0.1) is 0 Å². The van der Waals surface area contributed by atoms with Crippen LogP contribution in [0.5, 0.6) is 0 Å². The van der Waals surface area contributed by atoms with Crippen LogP contribution in [0.1, 0.15) is 101 Å². The van der Waals surface area contributed by atoms with Crippen molar-refractivity contribution in [2.45, 2.75) is 79.1 Å². The normalized spacial score (nSPS) is 14.9. The van der Waals surface area contributed by atoms with Gasteiger partial charge in [-0.1, -0.05) is 91.8 Å². The fourth-order valence-corrected chi connectivity index (χ4v) is 5.82. The minimum absolute atomic E-state index is 0.539. The molecule has 1 aliphatic heterocycles. The average molecular weight is 407 g/mol. The van der Waals surface area contributed by atoms with Crippen molar-refractivity contribution in [3.8, 4) is 0 Å². The molecule has 0 atom stereocenters. The summed E-state index contributed by atoms with van der Waals surface area (Å²) in [5, 5.41) is 0. The Morgan fingerprint density at radius 2 is 0.828 bits per heavy atom. The van der Waals surface area contributed by atoms with Crippen LogP contribution in [-0.4, -0.2) is 22.9 Å². The molecule has 2 aromatic rings. The SMILES string of the molecule is CC(C)c1cccc(C(C)C)c1N1CCN(c2c(C(C)C)cccc2C(C)C)[Si]1. The van der Waals surface area contributed by atoms with Crippen molar-refractivity contribution in [1.29, 1.82) is 0 Å². The molecule has 29 heavy (non-hydrogen) atoms. The van der Waals surface area contributed by atoms with Crippen LogP contribution in [0.4, 0.5) is 11.4 Å². The number of hydrogen-bond acceptors (Lipinski definition) is 2. The Balaban J connectivity index is 2.03. The first-order valence-electron chi connectivity index (χ1n) is 11.3. The van der Waals surface area contributed by atoms with Crippen LogP contribution in [0.3, 0.4) is 0 Å². The quantitative estimate of drug-likeness (QED) is 0.475. The van der Waals surface area contributed by atoms with E-state index >= 15 is 0 Å². The van der Waals surface area contributed by atoms with Crippen LogP contribution in [0.2, 0.25) is 0 Å². The summed E-state index contributed by atoms with van der Waals surface area (Å²) in [5.74, 6) is 2.15. The lowest BCUT2D eigenvalue weighted by Gasteiger charge is -2.29. The fourth-order valence-electron chi connectivity index (χ4n) is 4.42. The zero-order valence-electron chi connectivity index (χ0n) is 19.6. The summed E-state index contributed by atoms with van der Waals surface area (Å²) in [7, 11) is 0.669. The molecule has 2 nitrogen and oxygen atoms in total. The topological polar surface area (TPSA) is 6.48 Å². The first-order valence-corrected chi connectivity index (χ1v) is 12.2. The Bertz CT molecular complexity index is 717. The minimum Gasteiger partial charge on any atom is -0.378 e. The van der Waals surface area contributed by atoms with E-state index in [0.29, 0.717) is 33.5 Å². The number of anilines is 2. The van der Waals surface area contributed by atoms with E-state index < -0.39 is 0 Å². The van der Waals surface area contributed by atoms with Gasteiger partial charge in [-0.2, -0.15) is 0 Å². The van der Waals surface area contributed by atoms with Gasteiger partial charge in [0.15, 0.2) is 0 Å². The zero-order chi connectivity index (χ0) is 21.3. The molecule has 1 aliphatic rings. The summed E-state index contributed by atoms with van der Waals surface area (Å²) in [5.41, 5.74) is 8.95. The van der Waals surface area contributed by atoms with E-state index in [1.807, 2.05) is 0 Å². The molecule has 1 fully saturated rings. The Morgan fingerprint density at radius 1 is 0.552 bits per heavy atom. The molecule has 1 saturated heterocycles. The maximum Gasteiger partial charge on any atom is 0.332 e. The molecule has 0 aromatic heterocycles. The van der Waals surface area contributed by atoms with Crippen LogP contribution in [0.15, 0.2) is 36.4 Å². The van der Waals surface area contributed by atoms with Crippen molar-refractivity contribution < 1.29 is 0 Å². The molecule has 2 aromatic carbocycles. The van der Waals surface area contributed by atoms with Gasteiger partial charge < -0.3 is 9.13 Å². The van der Waals surface area contributed by atoms with E-state index in [1.54, 1.807) is 0 Å². The molecule has 0 aliphatic carbocycles. The number of rotatable bonds is 6. The second-order valence-electron chi connectivity index (χ2n) is 9.59. The van der Waals surface area contributed by atoms with E-state index in [-0.39, 0.29) is 0 Å². The third kappa shape index (κ3) is 4.40. The largest absolute Gasteiger partial charge is 0.378 e. The van der Waals surface area contributed by atoms with Gasteiger partial charge in [-0.15, -0.1) is 0 Å². The van der Waals surface area contributed by atoms with Gasteiger partial charge in [-0.05, 0) is 45.9 Å². The number of benzene rings is 2. The van der Waals surface area contributed by atoms with Gasteiger partial charge in [0.25, 0.3) is 0 Å². The van der Waals surface area contributed by atoms with Gasteiger partial charge in [-0.3, -0.25) is 0 Å². The maximum atomic E-state index is 2.66. The minimum atomic E-state index is 0.539. The maximum absolute atomic E-state index is 2.66. The van der Waals surface area contributed by atoms with E-state index in [4.69, 9.17) is 0 Å². The van der Waals surface area contributed by atoms with Crippen LogP contribution in [0.25, 0.3) is 0 Å². The third-order valence-corrected chi connectivity index (χ3v) is 7.39. The summed E-state index contributed by atoms with van der Waals surface area (Å²) in [6, 6.07) is 13.8. The standard InChI is InChI=1S/C26H38N2Si/c1-17(2)21-11-9-12-22(18(3)4)25(21)27-15-16-28(29-27)26-23(19(5)6)13-10-14-24(26)20(7)8/h9-14,17-20H,15-16H2,1-8H3. The Hall–Kier alpha value is -1.74. The summed E-state index contributed by atoms with van der Waals surface area (Å²) in [6.45, 7) is 20.8. The molecule has 3 rings (SSSR count). The van der Waals surface area contributed by atoms with Crippen molar-refractivity contribution in [3.05, 3.63) is 58.7 Å². The molecule has 0 amide bonds. The smallest absolute Gasteiger partial charge is 0.332 e. The summed E-state index contributed by atoms with van der Waals surface area (Å²) in [4.78, 5) is 0. The van der Waals surface area contributed by atoms with E-state index in [9.17, 15) is 0 Å². The molecular formula is C26H38N2Si. The predicted octanol–water partition coefficient (Wildman–Crippen LogP) is 7.04. The van der Waals surface area contributed by atoms with Crippen molar-refractivity contribution >= 4 is 21.2 Å². The van der Waals surface area contributed by atoms with E-state index in [2.05, 4.69) is 101 Å². The van der Waals surface area contributed by atoms with Gasteiger partial charge in [0, 0.05) is 24.5 Å². The molecule has 3 heteroatoms. The highest BCUT2D eigenvalue weighted by Crippen LogP contribution is 2.39. The molecule has 0 spiro atoms. The van der Waals surface area contributed by atoms with Crippen LogP contribution >= 0.6 is 0 Å². The molecule has 0 unspecified atom stereocenters. The van der Waals surface area contributed by atoms with Gasteiger partial charge in [-0.25, -0.2) is 0 Å². The zero-order valence-corrected chi connectivity index (χ0v) is 20.6. The van der Waals surface area contributed by atoms with Crippen LogP contribution in [-0.2, 0) is 0 Å². The summed E-state index contributed by atoms with van der Waals surface area (Å²) < 4.78 is 5.32. The van der Waals surface area contributed by atoms with Gasteiger partial charge in [0.1, 0.15) is 0 Å². The second kappa shape index (κ2) is 8.95. The third-order valence-electron chi connectivity index (χ3n) is 6.01. The lowest BCUT2D eigenvalue weighted by Crippen LogP contribution is -2.32. The fraction of sp³-hybridized carbons (Fsp3) is 0.538. The molecular weight excluding hydrogens is 368 g/mol. The summed E-state index contributed by atoms with van der Waals surface area (Å²) in [6.07, 6.45) is 0. The Morgan fingerprint density at radius 3 is 1.07 bits per heavy atom. The highest BCUT2D eigenvalue weighted by molar-refractivity contribution is 6.48. The first kappa shape index (κ1) is 22.0. The Kier molecular flexibility index (Phi) is 6.78. The lowest BCUT2D eigenvalue weighted by molar-refractivity contribution is 0.821. The number of para-hydroxylation sites is 2. The molecule has 1 heterocycles. The monoisotopic (exact) mass is 406 g/mol. The van der Waals surface area contributed by atoms with Crippen LogP contribution < -0.4 is 9.13 Å². The second-order valence-corrected chi connectivity index (χ2v) is 10.9. The highest BCUT2D eigenvalue weighted by atomic mass is 28.2. The Labute approximate surface area is 181 Å². The number of hydrogen-bond donors (Lipinski definition) is 0. The molecule has 0 saturated carbocycles. The highest BCUT2D eigenvalue weighted by Gasteiger charge is 2.30. The molecule has 156 valence electrons. The lowest BCUT2D eigenvalue weighted by atomic mass is 9.92. The summed E-state index contributed by atoms with van der Waals surface area (Å²) >= 11 is 0. The van der Waals surface area contributed by atoms with Gasteiger partial charge in [0.05, 0.1) is 0 Å².